The Labute approximate surface area is 240 Å². The number of carbonyl (C=O) groups excluding carboxylic acids is 1. The Morgan fingerprint density at radius 3 is 2.31 bits per heavy atom. The highest BCUT2D eigenvalue weighted by molar-refractivity contribution is 6.05. The topological polar surface area (TPSA) is 112 Å². The number of pyridine rings is 1. The summed E-state index contributed by atoms with van der Waals surface area (Å²) in [6, 6.07) is 18.3. The van der Waals surface area contributed by atoms with Crippen LogP contribution in [0.3, 0.4) is 0 Å². The molecule has 8 rings (SSSR count). The summed E-state index contributed by atoms with van der Waals surface area (Å²) in [5.74, 6) is 1.56. The molecule has 0 atom stereocenters. The van der Waals surface area contributed by atoms with E-state index in [1.54, 1.807) is 17.3 Å². The summed E-state index contributed by atoms with van der Waals surface area (Å²) in [6.07, 6.45) is 5.42. The maximum atomic E-state index is 14.0. The van der Waals surface area contributed by atoms with Gasteiger partial charge in [0.15, 0.2) is 17.3 Å². The van der Waals surface area contributed by atoms with E-state index in [1.807, 2.05) is 42.6 Å². The first-order chi connectivity index (χ1) is 20.6. The van der Waals surface area contributed by atoms with Crippen LogP contribution in [0.4, 0.5) is 11.5 Å². The van der Waals surface area contributed by atoms with E-state index >= 15 is 0 Å². The molecule has 10 heteroatoms. The summed E-state index contributed by atoms with van der Waals surface area (Å²) >= 11 is 0. The number of anilines is 2. The van der Waals surface area contributed by atoms with E-state index in [0.717, 1.165) is 49.6 Å². The lowest BCUT2D eigenvalue weighted by Gasteiger charge is -2.33. The Morgan fingerprint density at radius 2 is 1.55 bits per heavy atom. The monoisotopic (exact) mass is 557 g/mol. The number of aryl methyl sites for hydroxylation is 1. The van der Waals surface area contributed by atoms with Crippen molar-refractivity contribution in [1.29, 1.82) is 0 Å². The number of rotatable bonds is 4. The van der Waals surface area contributed by atoms with Crippen molar-refractivity contribution in [1.82, 2.24) is 30.3 Å². The second-order valence-electron chi connectivity index (χ2n) is 10.7. The number of hydrogen-bond acceptors (Lipinski definition) is 7. The smallest absolute Gasteiger partial charge is 0.247 e. The molecule has 208 valence electrons. The predicted molar refractivity (Wildman–Crippen MR) is 160 cm³/mol. The molecule has 0 radical (unpaired) electrons. The number of ether oxygens (including phenoxy) is 2. The summed E-state index contributed by atoms with van der Waals surface area (Å²) in [7, 11) is 0. The van der Waals surface area contributed by atoms with Crippen LogP contribution >= 0.6 is 0 Å². The van der Waals surface area contributed by atoms with Crippen molar-refractivity contribution < 1.29 is 14.3 Å². The van der Waals surface area contributed by atoms with Gasteiger partial charge in [-0.15, -0.1) is 0 Å². The molecule has 3 aromatic carbocycles. The number of nitrogens with zero attached hydrogens (tertiary/aromatic N) is 5. The van der Waals surface area contributed by atoms with E-state index in [9.17, 15) is 4.79 Å². The predicted octanol–water partition coefficient (Wildman–Crippen LogP) is 5.58. The zero-order valence-electron chi connectivity index (χ0n) is 22.9. The second-order valence-corrected chi connectivity index (χ2v) is 10.7. The van der Waals surface area contributed by atoms with Gasteiger partial charge in [-0.05, 0) is 71.6 Å². The van der Waals surface area contributed by atoms with Crippen molar-refractivity contribution in [2.45, 2.75) is 6.92 Å². The molecule has 3 aromatic heterocycles. The lowest BCUT2D eigenvalue weighted by atomic mass is 9.97. The molecule has 0 saturated carbocycles. The zero-order chi connectivity index (χ0) is 28.2. The SMILES string of the molecule is Cc1cc2c(cc1-c1ccc3[nH]ncc3c1)Oc1cc(-c3ccc4[nH]ncc4c3)cnc1N2C(=O)CN1CCOCC1. The van der Waals surface area contributed by atoms with Gasteiger partial charge in [0.1, 0.15) is 0 Å². The molecule has 0 bridgehead atoms. The standard InChI is InChI=1S/C32H27N7O3/c1-19-10-28-29(14-25(19)21-3-5-27-24(12-21)17-35-37-27)42-30-13-22(20-2-4-26-23(11-20)16-34-36-26)15-33-32(30)39(28)31(40)18-38-6-8-41-9-7-38/h2-5,10-17H,6-9,18H2,1H3,(H,34,36)(H,35,37). The summed E-state index contributed by atoms with van der Waals surface area (Å²) in [5.41, 5.74) is 7.60. The van der Waals surface area contributed by atoms with E-state index in [0.29, 0.717) is 49.3 Å². The van der Waals surface area contributed by atoms with Crippen molar-refractivity contribution in [3.05, 3.63) is 78.8 Å². The van der Waals surface area contributed by atoms with Crippen LogP contribution < -0.4 is 9.64 Å². The molecular formula is C32H27N7O3. The number of carbonyl (C=O) groups is 1. The van der Waals surface area contributed by atoms with Gasteiger partial charge < -0.3 is 9.47 Å². The maximum absolute atomic E-state index is 14.0. The minimum atomic E-state index is -0.0604. The Morgan fingerprint density at radius 1 is 0.833 bits per heavy atom. The van der Waals surface area contributed by atoms with Crippen molar-refractivity contribution in [3.63, 3.8) is 0 Å². The molecule has 0 unspecified atom stereocenters. The fourth-order valence-electron chi connectivity index (χ4n) is 5.82. The van der Waals surface area contributed by atoms with Crippen molar-refractivity contribution in [3.8, 4) is 33.8 Å². The van der Waals surface area contributed by atoms with E-state index < -0.39 is 0 Å². The van der Waals surface area contributed by atoms with Gasteiger partial charge in [0.25, 0.3) is 0 Å². The minimum Gasteiger partial charge on any atom is -0.451 e. The largest absolute Gasteiger partial charge is 0.451 e. The van der Waals surface area contributed by atoms with Gasteiger partial charge in [-0.2, -0.15) is 10.2 Å². The van der Waals surface area contributed by atoms with Gasteiger partial charge in [-0.1, -0.05) is 12.1 Å². The van der Waals surface area contributed by atoms with Gasteiger partial charge in [-0.3, -0.25) is 24.8 Å². The minimum absolute atomic E-state index is 0.0604. The molecule has 42 heavy (non-hydrogen) atoms. The molecule has 1 saturated heterocycles. The fraction of sp³-hybridized carbons (Fsp3) is 0.188. The summed E-state index contributed by atoms with van der Waals surface area (Å²) in [4.78, 5) is 22.6. The lowest BCUT2D eigenvalue weighted by Crippen LogP contribution is -2.44. The van der Waals surface area contributed by atoms with Gasteiger partial charge in [0.05, 0.1) is 48.9 Å². The van der Waals surface area contributed by atoms with Crippen LogP contribution in [0.1, 0.15) is 5.56 Å². The van der Waals surface area contributed by atoms with E-state index in [1.165, 1.54) is 0 Å². The first kappa shape index (κ1) is 24.7. The lowest BCUT2D eigenvalue weighted by molar-refractivity contribution is -0.120. The molecule has 2 aliphatic rings. The first-order valence-corrected chi connectivity index (χ1v) is 13.9. The number of hydrogen-bond donors (Lipinski definition) is 2. The zero-order valence-corrected chi connectivity index (χ0v) is 22.9. The molecule has 1 fully saturated rings. The van der Waals surface area contributed by atoms with Gasteiger partial charge in [-0.25, -0.2) is 4.98 Å². The van der Waals surface area contributed by atoms with E-state index in [4.69, 9.17) is 14.5 Å². The molecule has 2 N–H and O–H groups in total. The molecular weight excluding hydrogens is 530 g/mol. The number of fused-ring (bicyclic) bond motifs is 4. The van der Waals surface area contributed by atoms with Crippen LogP contribution in [0.15, 0.2) is 73.2 Å². The molecule has 0 spiro atoms. The number of morpholine rings is 1. The molecule has 5 heterocycles. The highest BCUT2D eigenvalue weighted by atomic mass is 16.5. The third kappa shape index (κ3) is 4.20. The number of benzene rings is 3. The molecule has 6 aromatic rings. The fourth-order valence-corrected chi connectivity index (χ4v) is 5.82. The normalized spacial score (nSPS) is 15.0. The third-order valence-corrected chi connectivity index (χ3v) is 8.05. The Kier molecular flexibility index (Phi) is 5.76. The first-order valence-electron chi connectivity index (χ1n) is 13.9. The van der Waals surface area contributed by atoms with Crippen molar-refractivity contribution in [2.75, 3.05) is 37.7 Å². The van der Waals surface area contributed by atoms with Crippen LogP contribution in [-0.4, -0.2) is 69.0 Å². The van der Waals surface area contributed by atoms with Crippen LogP contribution in [0, 0.1) is 6.92 Å². The Balaban J connectivity index is 1.23. The van der Waals surface area contributed by atoms with Gasteiger partial charge in [0.2, 0.25) is 5.91 Å². The molecule has 2 aliphatic heterocycles. The third-order valence-electron chi connectivity index (χ3n) is 8.05. The van der Waals surface area contributed by atoms with Crippen molar-refractivity contribution >= 4 is 39.2 Å². The highest BCUT2D eigenvalue weighted by Gasteiger charge is 2.33. The van der Waals surface area contributed by atoms with E-state index in [-0.39, 0.29) is 12.5 Å². The van der Waals surface area contributed by atoms with Crippen molar-refractivity contribution in [2.24, 2.45) is 0 Å². The summed E-state index contributed by atoms with van der Waals surface area (Å²) in [6.45, 7) is 4.99. The molecule has 10 nitrogen and oxygen atoms in total. The van der Waals surface area contributed by atoms with Crippen LogP contribution in [0.5, 0.6) is 11.5 Å². The maximum Gasteiger partial charge on any atom is 0.247 e. The number of H-pyrrole nitrogens is 2. The average molecular weight is 558 g/mol. The van der Waals surface area contributed by atoms with Gasteiger partial charge in [0, 0.05) is 35.6 Å². The van der Waals surface area contributed by atoms with Gasteiger partial charge >= 0.3 is 0 Å². The molecule has 0 aliphatic carbocycles. The summed E-state index contributed by atoms with van der Waals surface area (Å²) < 4.78 is 12.0. The van der Waals surface area contributed by atoms with E-state index in [2.05, 4.69) is 50.4 Å². The number of aromatic amines is 2. The molecule has 1 amide bonds. The highest BCUT2D eigenvalue weighted by Crippen LogP contribution is 2.49. The Hall–Kier alpha value is -5.06. The second kappa shape index (κ2) is 9.79. The summed E-state index contributed by atoms with van der Waals surface area (Å²) in [5, 5.41) is 16.3. The van der Waals surface area contributed by atoms with Crippen LogP contribution in [0.2, 0.25) is 0 Å². The van der Waals surface area contributed by atoms with Crippen LogP contribution in [0.25, 0.3) is 44.1 Å². The number of amides is 1. The number of nitrogens with one attached hydrogen (secondary N) is 2. The van der Waals surface area contributed by atoms with Crippen LogP contribution in [-0.2, 0) is 9.53 Å². The quantitative estimate of drug-likeness (QED) is 0.291. The number of aromatic nitrogens is 5. The Bertz CT molecular complexity index is 1990. The average Bonchev–Trinajstić information content (AvgIpc) is 3.69.